The molecule has 0 heterocycles. The summed E-state index contributed by atoms with van der Waals surface area (Å²) in [4.78, 5) is 69.2. The molecule has 0 bridgehead atoms. The summed E-state index contributed by atoms with van der Waals surface area (Å²) in [7, 11) is 0. The van der Waals surface area contributed by atoms with Crippen LogP contribution in [-0.4, -0.2) is 90.0 Å². The molecule has 0 radical (unpaired) electrons. The predicted molar refractivity (Wildman–Crippen MR) is 108 cm³/mol. The number of amides is 4. The van der Waals surface area contributed by atoms with Gasteiger partial charge >= 0.3 is 11.9 Å². The Morgan fingerprint density at radius 3 is 1.91 bits per heavy atom. The van der Waals surface area contributed by atoms with E-state index in [1.54, 1.807) is 0 Å². The fourth-order valence-corrected chi connectivity index (χ4v) is 2.26. The van der Waals surface area contributed by atoms with Gasteiger partial charge in [0.25, 0.3) is 0 Å². The molecular formula is C16H28N8O8. The third kappa shape index (κ3) is 13.3. The zero-order valence-corrected chi connectivity index (χ0v) is 17.1. The standard InChI is InChI=1S/C16H28N8O8/c17-5-10(25)23-8(2-1-3-20-16(18)19)14(31)21-6-11(26)24-9(4-12(27)28)15(32)22-7-13(29)30/h8-9H,1-7,17H2,(H,21,31)(H,22,32)(H,23,25)(H,24,26)(H,27,28)(H,29,30)(H4,18,19,20)/t8-,9-/m0/s1. The van der Waals surface area contributed by atoms with E-state index in [2.05, 4.69) is 21.3 Å². The van der Waals surface area contributed by atoms with Gasteiger partial charge in [-0.1, -0.05) is 0 Å². The number of nitrogens with two attached hydrogens (primary N) is 2. The molecule has 0 aliphatic carbocycles. The number of carboxylic acids is 2. The van der Waals surface area contributed by atoms with Crippen LogP contribution in [0.2, 0.25) is 0 Å². The van der Waals surface area contributed by atoms with Crippen LogP contribution in [0.25, 0.3) is 0 Å². The number of hydrogen-bond acceptors (Lipinski definition) is 8. The van der Waals surface area contributed by atoms with Gasteiger partial charge in [-0.25, -0.2) is 0 Å². The topological polar surface area (TPSA) is 279 Å². The third-order valence-corrected chi connectivity index (χ3v) is 3.69. The number of guanidine groups is 1. The molecule has 0 aliphatic heterocycles. The molecule has 12 N–H and O–H groups in total. The van der Waals surface area contributed by atoms with Gasteiger partial charge in [-0.3, -0.25) is 34.2 Å². The zero-order chi connectivity index (χ0) is 24.7. The van der Waals surface area contributed by atoms with Crippen LogP contribution in [-0.2, 0) is 28.8 Å². The van der Waals surface area contributed by atoms with Crippen LogP contribution in [0.1, 0.15) is 19.3 Å². The molecule has 0 unspecified atom stereocenters. The number of nitrogens with one attached hydrogen (secondary N) is 6. The number of carbonyl (C=O) groups is 6. The van der Waals surface area contributed by atoms with Gasteiger partial charge in [-0.15, -0.1) is 0 Å². The van der Waals surface area contributed by atoms with Crippen LogP contribution in [0.4, 0.5) is 0 Å². The van der Waals surface area contributed by atoms with Crippen LogP contribution >= 0.6 is 0 Å². The molecule has 4 amide bonds. The smallest absolute Gasteiger partial charge is 0.322 e. The van der Waals surface area contributed by atoms with Crippen molar-refractivity contribution in [2.24, 2.45) is 11.5 Å². The molecule has 0 saturated heterocycles. The maximum absolute atomic E-state index is 12.3. The maximum atomic E-state index is 12.3. The minimum Gasteiger partial charge on any atom is -0.481 e. The molecule has 16 nitrogen and oxygen atoms in total. The van der Waals surface area contributed by atoms with Gasteiger partial charge in [0.1, 0.15) is 18.6 Å². The van der Waals surface area contributed by atoms with Gasteiger partial charge in [0.2, 0.25) is 23.6 Å². The summed E-state index contributed by atoms with van der Waals surface area (Å²) < 4.78 is 0. The van der Waals surface area contributed by atoms with E-state index < -0.39 is 67.2 Å². The molecular weight excluding hydrogens is 432 g/mol. The molecule has 2 atom stereocenters. The van der Waals surface area contributed by atoms with Crippen LogP contribution in [0.3, 0.4) is 0 Å². The van der Waals surface area contributed by atoms with Crippen LogP contribution in [0, 0.1) is 5.41 Å². The second-order valence-electron chi connectivity index (χ2n) is 6.35. The largest absolute Gasteiger partial charge is 0.481 e. The van der Waals surface area contributed by atoms with E-state index in [0.29, 0.717) is 6.42 Å². The van der Waals surface area contributed by atoms with E-state index in [0.717, 1.165) is 0 Å². The Kier molecular flexibility index (Phi) is 13.1. The van der Waals surface area contributed by atoms with Gasteiger partial charge in [0.05, 0.1) is 19.5 Å². The van der Waals surface area contributed by atoms with Crippen molar-refractivity contribution in [2.75, 3.05) is 26.2 Å². The van der Waals surface area contributed by atoms with Crippen molar-refractivity contribution in [3.63, 3.8) is 0 Å². The fourth-order valence-electron chi connectivity index (χ4n) is 2.26. The number of hydrogen-bond donors (Lipinski definition) is 10. The molecule has 16 heteroatoms. The Morgan fingerprint density at radius 2 is 1.38 bits per heavy atom. The predicted octanol–water partition coefficient (Wildman–Crippen LogP) is -5.03. The van der Waals surface area contributed by atoms with Gasteiger partial charge in [-0.2, -0.15) is 0 Å². The van der Waals surface area contributed by atoms with E-state index >= 15 is 0 Å². The molecule has 0 aromatic heterocycles. The minimum atomic E-state index is -1.57. The van der Waals surface area contributed by atoms with E-state index in [-0.39, 0.29) is 25.5 Å². The minimum absolute atomic E-state index is 0.124. The maximum Gasteiger partial charge on any atom is 0.322 e. The monoisotopic (exact) mass is 460 g/mol. The highest BCUT2D eigenvalue weighted by Crippen LogP contribution is 1.98. The van der Waals surface area contributed by atoms with E-state index in [1.807, 2.05) is 5.32 Å². The Labute approximate surface area is 182 Å². The highest BCUT2D eigenvalue weighted by molar-refractivity contribution is 5.94. The van der Waals surface area contributed by atoms with Gasteiger partial charge in [-0.05, 0) is 12.8 Å². The average Bonchev–Trinajstić information content (AvgIpc) is 2.71. The average molecular weight is 460 g/mol. The summed E-state index contributed by atoms with van der Waals surface area (Å²) in [6.45, 7) is -1.55. The lowest BCUT2D eigenvalue weighted by Gasteiger charge is -2.19. The molecule has 0 rings (SSSR count). The van der Waals surface area contributed by atoms with Crippen molar-refractivity contribution in [3.05, 3.63) is 0 Å². The summed E-state index contributed by atoms with van der Waals surface area (Å²) in [6, 6.07) is -2.62. The Bertz CT molecular complexity index is 729. The van der Waals surface area contributed by atoms with Gasteiger partial charge in [0.15, 0.2) is 5.96 Å². The van der Waals surface area contributed by atoms with Crippen LogP contribution in [0.5, 0.6) is 0 Å². The van der Waals surface area contributed by atoms with Crippen molar-refractivity contribution in [2.45, 2.75) is 31.3 Å². The summed E-state index contributed by atoms with van der Waals surface area (Å²) in [5.74, 6) is -6.36. The van der Waals surface area contributed by atoms with E-state index in [1.165, 1.54) is 0 Å². The van der Waals surface area contributed by atoms with Crippen LogP contribution < -0.4 is 38.1 Å². The van der Waals surface area contributed by atoms with Crippen molar-refractivity contribution in [3.8, 4) is 0 Å². The first-order chi connectivity index (χ1) is 15.0. The van der Waals surface area contributed by atoms with Crippen LogP contribution in [0.15, 0.2) is 0 Å². The van der Waals surface area contributed by atoms with Gasteiger partial charge in [0, 0.05) is 6.54 Å². The van der Waals surface area contributed by atoms with E-state index in [4.69, 9.17) is 27.1 Å². The molecule has 0 aromatic rings. The lowest BCUT2D eigenvalue weighted by molar-refractivity contribution is -0.141. The van der Waals surface area contributed by atoms with Crippen molar-refractivity contribution >= 4 is 41.5 Å². The Balaban J connectivity index is 4.85. The number of carboxylic acid groups (broad SMARTS) is 2. The molecule has 32 heavy (non-hydrogen) atoms. The van der Waals surface area contributed by atoms with Crippen molar-refractivity contribution < 1.29 is 39.0 Å². The lowest BCUT2D eigenvalue weighted by Crippen LogP contribution is -2.53. The second kappa shape index (κ2) is 14.9. The second-order valence-corrected chi connectivity index (χ2v) is 6.35. The first-order valence-electron chi connectivity index (χ1n) is 9.31. The fraction of sp³-hybridized carbons (Fsp3) is 0.562. The number of rotatable bonds is 15. The SMILES string of the molecule is N=C(N)NCCC[C@H](NC(=O)CN)C(=O)NCC(=O)N[C@@H](CC(=O)O)C(=O)NCC(=O)O. The molecule has 0 fully saturated rings. The van der Waals surface area contributed by atoms with E-state index in [9.17, 15) is 28.8 Å². The Morgan fingerprint density at radius 1 is 0.812 bits per heavy atom. The third-order valence-electron chi connectivity index (χ3n) is 3.69. The highest BCUT2D eigenvalue weighted by atomic mass is 16.4. The summed E-state index contributed by atoms with van der Waals surface area (Å²) in [6.07, 6.45) is -0.360. The molecule has 0 aromatic carbocycles. The quantitative estimate of drug-likeness (QED) is 0.0627. The zero-order valence-electron chi connectivity index (χ0n) is 17.1. The molecule has 0 spiro atoms. The molecule has 180 valence electrons. The summed E-state index contributed by atoms with van der Waals surface area (Å²) in [5, 5.41) is 35.7. The Hall–Kier alpha value is -3.95. The number of carbonyl (C=O) groups excluding carboxylic acids is 4. The lowest BCUT2D eigenvalue weighted by atomic mass is 10.1. The van der Waals surface area contributed by atoms with Crippen molar-refractivity contribution in [1.82, 2.24) is 26.6 Å². The molecule has 0 aliphatic rings. The first kappa shape index (κ1) is 28.0. The summed E-state index contributed by atoms with van der Waals surface area (Å²) in [5.41, 5.74) is 10.4. The first-order valence-corrected chi connectivity index (χ1v) is 9.31. The van der Waals surface area contributed by atoms with Crippen molar-refractivity contribution in [1.29, 1.82) is 5.41 Å². The highest BCUT2D eigenvalue weighted by Gasteiger charge is 2.25. The van der Waals surface area contributed by atoms with Gasteiger partial charge < -0.3 is 48.3 Å². The summed E-state index contributed by atoms with van der Waals surface area (Å²) >= 11 is 0. The number of aliphatic carboxylic acids is 2. The molecule has 0 saturated carbocycles. The normalized spacial score (nSPS) is 11.9.